The summed E-state index contributed by atoms with van der Waals surface area (Å²) < 4.78 is 0. The Balaban J connectivity index is 3.67. The minimum Gasteiger partial charge on any atom is -0.262 e. The highest BCUT2D eigenvalue weighted by Crippen LogP contribution is 2.00. The van der Waals surface area contributed by atoms with E-state index in [1.807, 2.05) is 13.0 Å². The van der Waals surface area contributed by atoms with Crippen molar-refractivity contribution in [3.8, 4) is 0 Å². The molecular formula is C10H17N. The summed E-state index contributed by atoms with van der Waals surface area (Å²) in [6, 6.07) is 0. The third-order valence-electron chi connectivity index (χ3n) is 1.46. The maximum atomic E-state index is 4.02. The molecule has 1 heteroatoms. The van der Waals surface area contributed by atoms with E-state index in [4.69, 9.17) is 0 Å². The van der Waals surface area contributed by atoms with Gasteiger partial charge in [0.2, 0.25) is 0 Å². The molecule has 0 amide bonds. The van der Waals surface area contributed by atoms with Crippen LogP contribution in [-0.4, -0.2) is 6.21 Å². The van der Waals surface area contributed by atoms with Gasteiger partial charge in [0, 0.05) is 11.9 Å². The first kappa shape index (κ1) is 10.2. The Morgan fingerprint density at radius 3 is 2.73 bits per heavy atom. The van der Waals surface area contributed by atoms with Crippen LogP contribution in [0.25, 0.3) is 0 Å². The van der Waals surface area contributed by atoms with Gasteiger partial charge in [-0.3, -0.25) is 4.99 Å². The van der Waals surface area contributed by atoms with Crippen LogP contribution >= 0.6 is 0 Å². The molecule has 62 valence electrons. The maximum Gasteiger partial charge on any atom is 0.0300 e. The summed E-state index contributed by atoms with van der Waals surface area (Å²) in [6.07, 6.45) is 7.08. The molecule has 0 aromatic rings. The predicted octanol–water partition coefficient (Wildman–Crippen LogP) is 3.19. The normalized spacial score (nSPS) is 14.5. The van der Waals surface area contributed by atoms with Crippen LogP contribution in [0.3, 0.4) is 0 Å². The van der Waals surface area contributed by atoms with Crippen molar-refractivity contribution in [1.29, 1.82) is 0 Å². The lowest BCUT2D eigenvalue weighted by molar-refractivity contribution is 0.699. The Morgan fingerprint density at radius 1 is 1.64 bits per heavy atom. The molecule has 0 aromatic heterocycles. The lowest BCUT2D eigenvalue weighted by Gasteiger charge is -1.96. The van der Waals surface area contributed by atoms with Crippen molar-refractivity contribution in [2.45, 2.75) is 27.2 Å². The van der Waals surface area contributed by atoms with E-state index in [0.717, 1.165) is 5.70 Å². The molecule has 1 unspecified atom stereocenters. The van der Waals surface area contributed by atoms with E-state index >= 15 is 0 Å². The van der Waals surface area contributed by atoms with Crippen molar-refractivity contribution in [3.63, 3.8) is 0 Å². The van der Waals surface area contributed by atoms with E-state index < -0.39 is 0 Å². The average Bonchev–Trinajstić information content (AvgIpc) is 1.97. The number of aliphatic imine (C=N–C) groups is 1. The maximum absolute atomic E-state index is 4.02. The lowest BCUT2D eigenvalue weighted by atomic mass is 10.1. The van der Waals surface area contributed by atoms with Crippen LogP contribution in [0, 0.1) is 5.92 Å². The van der Waals surface area contributed by atoms with Gasteiger partial charge in [-0.1, -0.05) is 32.9 Å². The fourth-order valence-corrected chi connectivity index (χ4v) is 0.546. The zero-order valence-corrected chi connectivity index (χ0v) is 7.67. The molecule has 0 radical (unpaired) electrons. The van der Waals surface area contributed by atoms with Crippen molar-refractivity contribution in [1.82, 2.24) is 0 Å². The van der Waals surface area contributed by atoms with Gasteiger partial charge >= 0.3 is 0 Å². The van der Waals surface area contributed by atoms with Crippen molar-refractivity contribution in [2.24, 2.45) is 10.9 Å². The molecule has 0 aromatic carbocycles. The van der Waals surface area contributed by atoms with Crippen molar-refractivity contribution in [3.05, 3.63) is 24.4 Å². The molecule has 11 heavy (non-hydrogen) atoms. The Morgan fingerprint density at radius 2 is 2.27 bits per heavy atom. The zero-order valence-electron chi connectivity index (χ0n) is 7.67. The summed E-state index contributed by atoms with van der Waals surface area (Å²) in [5.41, 5.74) is 0.846. The topological polar surface area (TPSA) is 12.4 Å². The van der Waals surface area contributed by atoms with Crippen LogP contribution in [0.4, 0.5) is 0 Å². The van der Waals surface area contributed by atoms with Gasteiger partial charge in [0.15, 0.2) is 0 Å². The van der Waals surface area contributed by atoms with Gasteiger partial charge in [0.25, 0.3) is 0 Å². The molecule has 0 N–H and O–H groups in total. The van der Waals surface area contributed by atoms with Gasteiger partial charge in [-0.2, -0.15) is 0 Å². The zero-order chi connectivity index (χ0) is 8.69. The summed E-state index contributed by atoms with van der Waals surface area (Å²) in [5, 5.41) is 0. The van der Waals surface area contributed by atoms with Crippen molar-refractivity contribution in [2.75, 3.05) is 0 Å². The number of hydrogen-bond acceptors (Lipinski definition) is 1. The fraction of sp³-hybridized carbons (Fsp3) is 0.500. The Hall–Kier alpha value is -0.850. The van der Waals surface area contributed by atoms with Crippen LogP contribution in [0.15, 0.2) is 29.4 Å². The van der Waals surface area contributed by atoms with Crippen molar-refractivity contribution < 1.29 is 0 Å². The quantitative estimate of drug-likeness (QED) is 0.547. The summed E-state index contributed by atoms with van der Waals surface area (Å²) >= 11 is 0. The summed E-state index contributed by atoms with van der Waals surface area (Å²) in [7, 11) is 0. The van der Waals surface area contributed by atoms with Crippen molar-refractivity contribution >= 4 is 6.21 Å². The molecule has 0 rings (SSSR count). The SMILES string of the molecule is C=C(C)N=C/C=C\C(C)CC. The van der Waals surface area contributed by atoms with Gasteiger partial charge < -0.3 is 0 Å². The monoisotopic (exact) mass is 151 g/mol. The Kier molecular flexibility index (Phi) is 5.44. The predicted molar refractivity (Wildman–Crippen MR) is 51.9 cm³/mol. The van der Waals surface area contributed by atoms with E-state index in [9.17, 15) is 0 Å². The standard InChI is InChI=1S/C10H17N/c1-5-10(4)7-6-8-11-9(2)3/h6-8,10H,2,5H2,1,3-4H3/b7-6-,11-8?. The number of allylic oxidation sites excluding steroid dienone is 3. The minimum atomic E-state index is 0.645. The minimum absolute atomic E-state index is 0.645. The van der Waals surface area contributed by atoms with Gasteiger partial charge in [-0.15, -0.1) is 0 Å². The largest absolute Gasteiger partial charge is 0.262 e. The molecule has 1 atom stereocenters. The van der Waals surface area contributed by atoms with E-state index in [1.54, 1.807) is 6.21 Å². The van der Waals surface area contributed by atoms with Crippen LogP contribution in [0.1, 0.15) is 27.2 Å². The molecule has 0 aliphatic carbocycles. The van der Waals surface area contributed by atoms with Crippen LogP contribution in [0.5, 0.6) is 0 Å². The smallest absolute Gasteiger partial charge is 0.0300 e. The van der Waals surface area contributed by atoms with Gasteiger partial charge in [-0.05, 0) is 18.9 Å². The Labute approximate surface area is 69.5 Å². The second kappa shape index (κ2) is 5.90. The second-order valence-corrected chi connectivity index (χ2v) is 2.78. The average molecular weight is 151 g/mol. The van der Waals surface area contributed by atoms with E-state index in [0.29, 0.717) is 5.92 Å². The summed E-state index contributed by atoms with van der Waals surface area (Å²) in [5.74, 6) is 0.645. The van der Waals surface area contributed by atoms with Gasteiger partial charge in [0.05, 0.1) is 0 Å². The highest BCUT2D eigenvalue weighted by Gasteiger charge is 1.87. The first-order valence-corrected chi connectivity index (χ1v) is 4.03. The van der Waals surface area contributed by atoms with Crippen LogP contribution in [-0.2, 0) is 0 Å². The third-order valence-corrected chi connectivity index (χ3v) is 1.46. The number of hydrogen-bond donors (Lipinski definition) is 0. The molecule has 0 saturated heterocycles. The number of nitrogens with zero attached hydrogens (tertiary/aromatic N) is 1. The molecule has 0 saturated carbocycles. The summed E-state index contributed by atoms with van der Waals surface area (Å²) in [4.78, 5) is 4.02. The molecule has 0 aliphatic rings. The molecule has 1 nitrogen and oxygen atoms in total. The van der Waals surface area contributed by atoms with Gasteiger partial charge in [-0.25, -0.2) is 0 Å². The molecule has 0 heterocycles. The molecule has 0 aliphatic heterocycles. The molecular weight excluding hydrogens is 134 g/mol. The van der Waals surface area contributed by atoms with Crippen LogP contribution < -0.4 is 0 Å². The molecule has 0 fully saturated rings. The lowest BCUT2D eigenvalue weighted by Crippen LogP contribution is -1.83. The highest BCUT2D eigenvalue weighted by molar-refractivity contribution is 5.71. The number of rotatable bonds is 4. The van der Waals surface area contributed by atoms with E-state index in [-0.39, 0.29) is 0 Å². The Bertz CT molecular complexity index is 166. The third kappa shape index (κ3) is 7.04. The van der Waals surface area contributed by atoms with Gasteiger partial charge in [0.1, 0.15) is 0 Å². The van der Waals surface area contributed by atoms with Crippen LogP contribution in [0.2, 0.25) is 0 Å². The first-order chi connectivity index (χ1) is 5.16. The molecule has 0 spiro atoms. The van der Waals surface area contributed by atoms with E-state index in [1.165, 1.54) is 6.42 Å². The molecule has 0 bridgehead atoms. The highest BCUT2D eigenvalue weighted by atomic mass is 14.7. The summed E-state index contributed by atoms with van der Waals surface area (Å²) in [6.45, 7) is 9.90. The fourth-order valence-electron chi connectivity index (χ4n) is 0.546. The first-order valence-electron chi connectivity index (χ1n) is 4.03. The van der Waals surface area contributed by atoms with E-state index in [2.05, 4.69) is 31.5 Å². The second-order valence-electron chi connectivity index (χ2n) is 2.78.